The maximum absolute atomic E-state index is 12.4. The maximum atomic E-state index is 12.4. The van der Waals surface area contributed by atoms with E-state index in [4.69, 9.17) is 0 Å². The molecule has 0 bridgehead atoms. The van der Waals surface area contributed by atoms with Crippen LogP contribution in [0.1, 0.15) is 16.8 Å². The summed E-state index contributed by atoms with van der Waals surface area (Å²) in [6.45, 7) is 0. The topological polar surface area (TPSA) is 81.1 Å². The Balaban J connectivity index is 1.57. The van der Waals surface area contributed by atoms with Crippen LogP contribution in [0.5, 0.6) is 0 Å². The van der Waals surface area contributed by atoms with E-state index in [0.29, 0.717) is 12.0 Å². The van der Waals surface area contributed by atoms with Crippen molar-refractivity contribution in [3.8, 4) is 5.13 Å². The van der Waals surface area contributed by atoms with E-state index in [9.17, 15) is 13.2 Å². The number of hydrogen-bond acceptors (Lipinski definition) is 5. The Morgan fingerprint density at radius 2 is 2.08 bits per heavy atom. The summed E-state index contributed by atoms with van der Waals surface area (Å²) in [6.07, 6.45) is 4.33. The lowest BCUT2D eigenvalue weighted by Gasteiger charge is -2.10. The molecule has 4 rings (SSSR count). The molecular formula is C16H15N3O3S2. The lowest BCUT2D eigenvalue weighted by Crippen LogP contribution is -2.35. The van der Waals surface area contributed by atoms with Crippen LogP contribution in [0.3, 0.4) is 0 Å². The second kappa shape index (κ2) is 5.71. The molecule has 8 heteroatoms. The molecule has 1 N–H and O–H groups in total. The van der Waals surface area contributed by atoms with E-state index in [1.807, 2.05) is 35.2 Å². The monoisotopic (exact) mass is 361 g/mol. The molecule has 0 saturated carbocycles. The normalized spacial score (nSPS) is 19.6. The van der Waals surface area contributed by atoms with Gasteiger partial charge in [-0.2, -0.15) is 0 Å². The molecule has 124 valence electrons. The highest BCUT2D eigenvalue weighted by Crippen LogP contribution is 2.26. The van der Waals surface area contributed by atoms with E-state index < -0.39 is 9.84 Å². The molecule has 6 nitrogen and oxygen atoms in total. The Kier molecular flexibility index (Phi) is 3.65. The number of sulfone groups is 1. The van der Waals surface area contributed by atoms with Crippen LogP contribution in [0.2, 0.25) is 0 Å². The SMILES string of the molecule is O=C(N[C@@H]1CCS(=O)(=O)C1)c1ccc2nc(-n3cccc3)sc2c1. The first-order valence-corrected chi connectivity index (χ1v) is 10.2. The number of aromatic nitrogens is 2. The van der Waals surface area contributed by atoms with E-state index in [1.54, 1.807) is 12.1 Å². The van der Waals surface area contributed by atoms with Crippen molar-refractivity contribution in [2.45, 2.75) is 12.5 Å². The average Bonchev–Trinajstić information content (AvgIpc) is 3.25. The van der Waals surface area contributed by atoms with Crippen LogP contribution in [0.25, 0.3) is 15.3 Å². The fourth-order valence-electron chi connectivity index (χ4n) is 2.80. The highest BCUT2D eigenvalue weighted by molar-refractivity contribution is 7.91. The van der Waals surface area contributed by atoms with Crippen molar-refractivity contribution in [2.24, 2.45) is 0 Å². The van der Waals surface area contributed by atoms with Crippen molar-refractivity contribution in [3.63, 3.8) is 0 Å². The van der Waals surface area contributed by atoms with Gasteiger partial charge in [0, 0.05) is 24.0 Å². The number of amides is 1. The van der Waals surface area contributed by atoms with Crippen LogP contribution in [0, 0.1) is 0 Å². The van der Waals surface area contributed by atoms with Crippen LogP contribution in [0.15, 0.2) is 42.7 Å². The molecule has 1 aromatic carbocycles. The Morgan fingerprint density at radius 3 is 2.79 bits per heavy atom. The fraction of sp³-hybridized carbons (Fsp3) is 0.250. The van der Waals surface area contributed by atoms with Gasteiger partial charge in [0.25, 0.3) is 5.91 Å². The second-order valence-corrected chi connectivity index (χ2v) is 9.08. The molecule has 2 aromatic heterocycles. The van der Waals surface area contributed by atoms with Gasteiger partial charge in [-0.05, 0) is 36.8 Å². The molecule has 24 heavy (non-hydrogen) atoms. The number of fused-ring (bicyclic) bond motifs is 1. The highest BCUT2D eigenvalue weighted by Gasteiger charge is 2.29. The minimum Gasteiger partial charge on any atom is -0.348 e. The van der Waals surface area contributed by atoms with Crippen LogP contribution < -0.4 is 5.32 Å². The summed E-state index contributed by atoms with van der Waals surface area (Å²) in [4.78, 5) is 16.9. The van der Waals surface area contributed by atoms with Gasteiger partial charge in [-0.1, -0.05) is 11.3 Å². The molecule has 1 aliphatic rings. The minimum absolute atomic E-state index is 0.0271. The average molecular weight is 361 g/mol. The highest BCUT2D eigenvalue weighted by atomic mass is 32.2. The zero-order valence-corrected chi connectivity index (χ0v) is 14.3. The third kappa shape index (κ3) is 2.94. The van der Waals surface area contributed by atoms with Crippen LogP contribution in [0.4, 0.5) is 0 Å². The zero-order chi connectivity index (χ0) is 16.7. The number of rotatable bonds is 3. The molecule has 1 atom stereocenters. The molecule has 1 amide bonds. The van der Waals surface area contributed by atoms with Gasteiger partial charge in [0.15, 0.2) is 15.0 Å². The third-order valence-electron chi connectivity index (χ3n) is 4.03. The largest absolute Gasteiger partial charge is 0.348 e. The maximum Gasteiger partial charge on any atom is 0.251 e. The van der Waals surface area contributed by atoms with Crippen molar-refractivity contribution in [1.29, 1.82) is 0 Å². The van der Waals surface area contributed by atoms with E-state index in [0.717, 1.165) is 15.3 Å². The van der Waals surface area contributed by atoms with Crippen LogP contribution in [-0.4, -0.2) is 41.4 Å². The Labute approximate surface area is 143 Å². The minimum atomic E-state index is -3.01. The predicted octanol–water partition coefficient (Wildman–Crippen LogP) is 2.00. The summed E-state index contributed by atoms with van der Waals surface area (Å²) in [6, 6.07) is 8.91. The molecule has 3 aromatic rings. The van der Waals surface area contributed by atoms with Crippen LogP contribution >= 0.6 is 11.3 Å². The van der Waals surface area contributed by atoms with Gasteiger partial charge in [-0.3, -0.25) is 4.79 Å². The van der Waals surface area contributed by atoms with Crippen LogP contribution in [-0.2, 0) is 9.84 Å². The molecule has 3 heterocycles. The third-order valence-corrected chi connectivity index (χ3v) is 6.83. The molecule has 0 spiro atoms. The molecule has 1 aliphatic heterocycles. The van der Waals surface area contributed by atoms with Crippen molar-refractivity contribution in [1.82, 2.24) is 14.9 Å². The Bertz CT molecular complexity index is 1010. The summed E-state index contributed by atoms with van der Waals surface area (Å²) < 4.78 is 25.8. The smallest absolute Gasteiger partial charge is 0.251 e. The summed E-state index contributed by atoms with van der Waals surface area (Å²) >= 11 is 1.51. The molecule has 0 radical (unpaired) electrons. The first-order valence-electron chi connectivity index (χ1n) is 7.55. The number of thiazole rings is 1. The van der Waals surface area contributed by atoms with Gasteiger partial charge in [-0.25, -0.2) is 13.4 Å². The number of benzene rings is 1. The first-order chi connectivity index (χ1) is 11.5. The van der Waals surface area contributed by atoms with Gasteiger partial charge in [-0.15, -0.1) is 0 Å². The summed E-state index contributed by atoms with van der Waals surface area (Å²) in [7, 11) is -3.01. The Morgan fingerprint density at radius 1 is 1.29 bits per heavy atom. The van der Waals surface area contributed by atoms with Gasteiger partial charge in [0.1, 0.15) is 0 Å². The van der Waals surface area contributed by atoms with Crippen molar-refractivity contribution in [3.05, 3.63) is 48.3 Å². The molecule has 0 aliphatic carbocycles. The molecule has 1 saturated heterocycles. The van der Waals surface area contributed by atoms with Crippen molar-refractivity contribution < 1.29 is 13.2 Å². The molecule has 1 fully saturated rings. The number of nitrogens with one attached hydrogen (secondary N) is 1. The van der Waals surface area contributed by atoms with Gasteiger partial charge >= 0.3 is 0 Å². The Hall–Kier alpha value is -2.19. The lowest BCUT2D eigenvalue weighted by molar-refractivity contribution is 0.0941. The van der Waals surface area contributed by atoms with Gasteiger partial charge < -0.3 is 9.88 Å². The first kappa shape index (κ1) is 15.3. The summed E-state index contributed by atoms with van der Waals surface area (Å²) in [5.74, 6) is -0.0688. The van der Waals surface area contributed by atoms with Crippen molar-refractivity contribution >= 4 is 37.3 Å². The number of nitrogens with zero attached hydrogens (tertiary/aromatic N) is 2. The van der Waals surface area contributed by atoms with E-state index in [-0.39, 0.29) is 23.5 Å². The van der Waals surface area contributed by atoms with E-state index in [2.05, 4.69) is 10.3 Å². The standard InChI is InChI=1S/C16H15N3O3S2/c20-15(17-12-5-8-24(21,22)10-12)11-3-4-13-14(9-11)23-16(18-13)19-6-1-2-7-19/h1-4,6-7,9,12H,5,8,10H2,(H,17,20)/t12-/m1/s1. The zero-order valence-electron chi connectivity index (χ0n) is 12.7. The van der Waals surface area contributed by atoms with Gasteiger partial charge in [0.05, 0.1) is 21.7 Å². The molecular weight excluding hydrogens is 346 g/mol. The summed E-state index contributed by atoms with van der Waals surface area (Å²) in [5.41, 5.74) is 1.36. The number of carbonyl (C=O) groups excluding carboxylic acids is 1. The molecule has 0 unspecified atom stereocenters. The lowest BCUT2D eigenvalue weighted by atomic mass is 10.2. The number of hydrogen-bond donors (Lipinski definition) is 1. The fourth-order valence-corrected chi connectivity index (χ4v) is 5.45. The predicted molar refractivity (Wildman–Crippen MR) is 93.5 cm³/mol. The summed E-state index contributed by atoms with van der Waals surface area (Å²) in [5, 5.41) is 3.65. The van der Waals surface area contributed by atoms with Crippen molar-refractivity contribution in [2.75, 3.05) is 11.5 Å². The van der Waals surface area contributed by atoms with E-state index in [1.165, 1.54) is 11.3 Å². The quantitative estimate of drug-likeness (QED) is 0.774. The number of carbonyl (C=O) groups is 1. The van der Waals surface area contributed by atoms with E-state index >= 15 is 0 Å². The van der Waals surface area contributed by atoms with Gasteiger partial charge in [0.2, 0.25) is 0 Å². The second-order valence-electron chi connectivity index (χ2n) is 5.84.